The van der Waals surface area contributed by atoms with Crippen molar-refractivity contribution < 1.29 is 0 Å². The molecule has 2 atom stereocenters. The highest BCUT2D eigenvalue weighted by Crippen LogP contribution is 2.43. The summed E-state index contributed by atoms with van der Waals surface area (Å²) in [6, 6.07) is 11.2. The summed E-state index contributed by atoms with van der Waals surface area (Å²) in [4.78, 5) is 5.65. The summed E-state index contributed by atoms with van der Waals surface area (Å²) in [5.74, 6) is 0.613. The van der Waals surface area contributed by atoms with E-state index in [1.165, 1.54) is 12.0 Å². The molecule has 1 aliphatic rings. The molecule has 1 saturated carbocycles. The number of anilines is 1. The van der Waals surface area contributed by atoms with E-state index >= 15 is 0 Å². The second-order valence-electron chi connectivity index (χ2n) is 7.01. The van der Waals surface area contributed by atoms with Crippen LogP contribution >= 0.6 is 11.3 Å². The van der Waals surface area contributed by atoms with Crippen LogP contribution in [-0.2, 0) is 5.41 Å². The normalized spacial score (nSPS) is 21.2. The van der Waals surface area contributed by atoms with Crippen LogP contribution in [0.1, 0.15) is 44.4 Å². The topological polar surface area (TPSA) is 42.2 Å². The van der Waals surface area contributed by atoms with Gasteiger partial charge in [0.1, 0.15) is 0 Å². The molecule has 5 heteroatoms. The molecule has 2 heterocycles. The Balaban J connectivity index is 1.48. The first-order valence-electron chi connectivity index (χ1n) is 7.69. The predicted molar refractivity (Wildman–Crippen MR) is 90.8 cm³/mol. The van der Waals surface area contributed by atoms with E-state index in [2.05, 4.69) is 66.5 Å². The van der Waals surface area contributed by atoms with E-state index in [1.54, 1.807) is 11.3 Å². The molecule has 1 aromatic carbocycles. The smallest absolute Gasteiger partial charge is 0.214 e. The summed E-state index contributed by atoms with van der Waals surface area (Å²) in [6.45, 7) is 6.52. The summed E-state index contributed by atoms with van der Waals surface area (Å²) < 4.78 is 1.90. The summed E-state index contributed by atoms with van der Waals surface area (Å²) in [5.41, 5.74) is 2.57. The number of nitrogens with one attached hydrogen (secondary N) is 1. The Kier molecular flexibility index (Phi) is 3.01. The standard InChI is InChI=1S/C17H20N4S/c1-17(2,3)14-10-21-16(19-14)22-15(20-21)18-13-9-12(13)11-7-5-4-6-8-11/h4-8,10,12-13H,9H2,1-3H3,(H,18,20). The van der Waals surface area contributed by atoms with Crippen LogP contribution in [0, 0.1) is 0 Å². The fraction of sp³-hybridized carbons (Fsp3) is 0.412. The van der Waals surface area contributed by atoms with Crippen molar-refractivity contribution in [3.05, 3.63) is 47.8 Å². The molecule has 1 N–H and O–H groups in total. The van der Waals surface area contributed by atoms with Gasteiger partial charge < -0.3 is 5.32 Å². The van der Waals surface area contributed by atoms with Gasteiger partial charge in [0, 0.05) is 17.4 Å². The monoisotopic (exact) mass is 312 g/mol. The van der Waals surface area contributed by atoms with Crippen LogP contribution in [0.3, 0.4) is 0 Å². The molecule has 0 aliphatic heterocycles. The maximum atomic E-state index is 4.69. The molecule has 2 unspecified atom stereocenters. The maximum absolute atomic E-state index is 4.69. The lowest BCUT2D eigenvalue weighted by Gasteiger charge is -2.13. The number of hydrogen-bond acceptors (Lipinski definition) is 4. The van der Waals surface area contributed by atoms with Gasteiger partial charge in [0.2, 0.25) is 10.1 Å². The Morgan fingerprint density at radius 1 is 1.23 bits per heavy atom. The Bertz CT molecular complexity index is 766. The van der Waals surface area contributed by atoms with Gasteiger partial charge >= 0.3 is 0 Å². The van der Waals surface area contributed by atoms with E-state index in [4.69, 9.17) is 0 Å². The number of hydrogen-bond donors (Lipinski definition) is 1. The molecule has 0 amide bonds. The van der Waals surface area contributed by atoms with E-state index in [-0.39, 0.29) is 5.41 Å². The van der Waals surface area contributed by atoms with Crippen molar-refractivity contribution in [3.63, 3.8) is 0 Å². The Labute approximate surface area is 134 Å². The highest BCUT2D eigenvalue weighted by atomic mass is 32.1. The van der Waals surface area contributed by atoms with Gasteiger partial charge in [0.05, 0.1) is 11.9 Å². The fourth-order valence-corrected chi connectivity index (χ4v) is 3.54. The van der Waals surface area contributed by atoms with Crippen molar-refractivity contribution in [2.45, 2.75) is 44.6 Å². The average molecular weight is 312 g/mol. The quantitative estimate of drug-likeness (QED) is 0.793. The second kappa shape index (κ2) is 4.81. The molecule has 4 rings (SSSR count). The first-order chi connectivity index (χ1) is 10.5. The number of imidazole rings is 1. The molecule has 0 radical (unpaired) electrons. The highest BCUT2D eigenvalue weighted by Gasteiger charge is 2.38. The van der Waals surface area contributed by atoms with Gasteiger partial charge in [0.25, 0.3) is 0 Å². The molecular weight excluding hydrogens is 292 g/mol. The van der Waals surface area contributed by atoms with Crippen LogP contribution in [0.4, 0.5) is 5.13 Å². The number of aromatic nitrogens is 3. The molecule has 1 aliphatic carbocycles. The lowest BCUT2D eigenvalue weighted by Crippen LogP contribution is -2.11. The van der Waals surface area contributed by atoms with Crippen molar-refractivity contribution in [1.29, 1.82) is 0 Å². The molecule has 1 fully saturated rings. The molecule has 3 aromatic rings. The van der Waals surface area contributed by atoms with Gasteiger partial charge in [-0.3, -0.25) is 0 Å². The Morgan fingerprint density at radius 3 is 2.68 bits per heavy atom. The van der Waals surface area contributed by atoms with E-state index in [1.807, 2.05) is 10.7 Å². The first kappa shape index (κ1) is 13.8. The zero-order valence-corrected chi connectivity index (χ0v) is 13.9. The minimum Gasteiger partial charge on any atom is -0.357 e. The van der Waals surface area contributed by atoms with Crippen LogP contribution in [0.2, 0.25) is 0 Å². The lowest BCUT2D eigenvalue weighted by molar-refractivity contribution is 0.572. The fourth-order valence-electron chi connectivity index (χ4n) is 2.70. The van der Waals surface area contributed by atoms with Crippen LogP contribution in [-0.4, -0.2) is 20.6 Å². The first-order valence-corrected chi connectivity index (χ1v) is 8.50. The van der Waals surface area contributed by atoms with Gasteiger partial charge in [-0.2, -0.15) is 0 Å². The summed E-state index contributed by atoms with van der Waals surface area (Å²) >= 11 is 1.63. The molecule has 22 heavy (non-hydrogen) atoms. The van der Waals surface area contributed by atoms with Crippen molar-refractivity contribution in [2.75, 3.05) is 5.32 Å². The molecule has 0 saturated heterocycles. The zero-order valence-electron chi connectivity index (χ0n) is 13.1. The molecule has 0 bridgehead atoms. The van der Waals surface area contributed by atoms with E-state index in [0.717, 1.165) is 15.8 Å². The number of nitrogens with zero attached hydrogens (tertiary/aromatic N) is 3. The number of fused-ring (bicyclic) bond motifs is 1. The van der Waals surface area contributed by atoms with Crippen LogP contribution < -0.4 is 5.32 Å². The van der Waals surface area contributed by atoms with E-state index < -0.39 is 0 Å². The Hall–Kier alpha value is -1.88. The van der Waals surface area contributed by atoms with Gasteiger partial charge in [-0.05, 0) is 12.0 Å². The van der Waals surface area contributed by atoms with Crippen molar-refractivity contribution in [1.82, 2.24) is 14.6 Å². The SMILES string of the molecule is CC(C)(C)c1cn2nc(NC3CC3c3ccccc3)sc2n1. The summed E-state index contributed by atoms with van der Waals surface area (Å²) in [6.07, 6.45) is 3.22. The minimum absolute atomic E-state index is 0.0654. The van der Waals surface area contributed by atoms with Gasteiger partial charge in [0.15, 0.2) is 0 Å². The van der Waals surface area contributed by atoms with E-state index in [9.17, 15) is 0 Å². The van der Waals surface area contributed by atoms with Gasteiger partial charge in [-0.25, -0.2) is 9.50 Å². The van der Waals surface area contributed by atoms with Gasteiger partial charge in [-0.15, -0.1) is 5.10 Å². The van der Waals surface area contributed by atoms with Crippen molar-refractivity contribution >= 4 is 21.4 Å². The highest BCUT2D eigenvalue weighted by molar-refractivity contribution is 7.20. The molecule has 0 spiro atoms. The second-order valence-corrected chi connectivity index (χ2v) is 7.97. The third kappa shape index (κ3) is 2.50. The molecular formula is C17H20N4S. The molecule has 114 valence electrons. The van der Waals surface area contributed by atoms with Crippen molar-refractivity contribution in [2.24, 2.45) is 0 Å². The third-order valence-corrected chi connectivity index (χ3v) is 4.99. The van der Waals surface area contributed by atoms with Crippen molar-refractivity contribution in [3.8, 4) is 0 Å². The maximum Gasteiger partial charge on any atom is 0.214 e. The van der Waals surface area contributed by atoms with E-state index in [0.29, 0.717) is 12.0 Å². The average Bonchev–Trinajstić information content (AvgIpc) is 2.93. The van der Waals surface area contributed by atoms with Crippen LogP contribution in [0.5, 0.6) is 0 Å². The van der Waals surface area contributed by atoms with Crippen LogP contribution in [0.15, 0.2) is 36.5 Å². The largest absolute Gasteiger partial charge is 0.357 e. The minimum atomic E-state index is 0.0654. The summed E-state index contributed by atoms with van der Waals surface area (Å²) in [5, 5.41) is 9.13. The number of rotatable bonds is 3. The molecule has 2 aromatic heterocycles. The number of benzene rings is 1. The van der Waals surface area contributed by atoms with Crippen LogP contribution in [0.25, 0.3) is 4.96 Å². The third-order valence-electron chi connectivity index (χ3n) is 4.14. The zero-order chi connectivity index (χ0) is 15.3. The predicted octanol–water partition coefficient (Wildman–Crippen LogP) is 4.06. The lowest BCUT2D eigenvalue weighted by atomic mass is 9.93. The Morgan fingerprint density at radius 2 is 2.00 bits per heavy atom. The summed E-state index contributed by atoms with van der Waals surface area (Å²) in [7, 11) is 0. The van der Waals surface area contributed by atoms with Gasteiger partial charge in [-0.1, -0.05) is 62.4 Å². The molecule has 4 nitrogen and oxygen atoms in total.